The molecule has 1 saturated carbocycles. The van der Waals surface area contributed by atoms with Gasteiger partial charge in [0.25, 0.3) is 0 Å². The minimum absolute atomic E-state index is 0.367. The van der Waals surface area contributed by atoms with Gasteiger partial charge in [-0.1, -0.05) is 54.6 Å². The summed E-state index contributed by atoms with van der Waals surface area (Å²) in [5.41, 5.74) is 6.24. The van der Waals surface area contributed by atoms with Crippen LogP contribution in [0.2, 0.25) is 0 Å². The molecular weight excluding hydrogens is 436 g/mol. The fraction of sp³-hybridized carbons (Fsp3) is 0.310. The minimum Gasteiger partial charge on any atom is -0.444 e. The first kappa shape index (κ1) is 23.0. The summed E-state index contributed by atoms with van der Waals surface area (Å²) in [5.74, 6) is 0. The van der Waals surface area contributed by atoms with Crippen molar-refractivity contribution in [1.29, 1.82) is 0 Å². The molecule has 6 heteroatoms. The average Bonchev–Trinajstić information content (AvgIpc) is 3.19. The Bertz CT molecular complexity index is 1350. The highest BCUT2D eigenvalue weighted by Crippen LogP contribution is 2.42. The predicted octanol–water partition coefficient (Wildman–Crippen LogP) is 6.61. The van der Waals surface area contributed by atoms with Gasteiger partial charge in [-0.05, 0) is 57.7 Å². The van der Waals surface area contributed by atoms with E-state index in [2.05, 4.69) is 57.6 Å². The number of pyridine rings is 1. The number of amides is 1. The van der Waals surface area contributed by atoms with Gasteiger partial charge < -0.3 is 15.4 Å². The van der Waals surface area contributed by atoms with Crippen molar-refractivity contribution in [3.63, 3.8) is 0 Å². The van der Waals surface area contributed by atoms with Gasteiger partial charge in [0.1, 0.15) is 11.2 Å². The molecule has 0 bridgehead atoms. The van der Waals surface area contributed by atoms with Crippen LogP contribution in [0.3, 0.4) is 0 Å². The van der Waals surface area contributed by atoms with Gasteiger partial charge in [0, 0.05) is 24.4 Å². The molecule has 1 aliphatic carbocycles. The third-order valence-corrected chi connectivity index (χ3v) is 6.61. The molecule has 2 aromatic heterocycles. The molecule has 4 aromatic rings. The third-order valence-electron chi connectivity index (χ3n) is 6.61. The Labute approximate surface area is 206 Å². The first-order valence-corrected chi connectivity index (χ1v) is 12.2. The molecule has 5 rings (SSSR count). The van der Waals surface area contributed by atoms with Gasteiger partial charge in [-0.15, -0.1) is 0 Å². The van der Waals surface area contributed by atoms with Gasteiger partial charge in [-0.25, -0.2) is 9.78 Å². The number of carbonyl (C=O) groups is 1. The standard InChI is InChI=1S/C29H32N4O2/c1-28(2,3)35-27(34)32-29(17-8-18-29)22-13-11-20(12-14-22)25-26(21-9-6-5-7-10-21)33-19-23(30-4)15-16-24(33)31-25/h5-7,9-16,19,30H,8,17-18H2,1-4H3,(H,32,34). The molecule has 2 aromatic carbocycles. The second-order valence-electron chi connectivity index (χ2n) is 10.2. The Morgan fingerprint density at radius 1 is 0.971 bits per heavy atom. The summed E-state index contributed by atoms with van der Waals surface area (Å²) >= 11 is 0. The highest BCUT2D eigenvalue weighted by Gasteiger charge is 2.41. The van der Waals surface area contributed by atoms with E-state index in [9.17, 15) is 4.79 Å². The highest BCUT2D eigenvalue weighted by molar-refractivity contribution is 5.82. The first-order valence-electron chi connectivity index (χ1n) is 12.2. The van der Waals surface area contributed by atoms with E-state index in [1.807, 2.05) is 58.2 Å². The lowest BCUT2D eigenvalue weighted by Gasteiger charge is -2.43. The van der Waals surface area contributed by atoms with Crippen LogP contribution >= 0.6 is 0 Å². The number of aromatic nitrogens is 2. The van der Waals surface area contributed by atoms with Crippen molar-refractivity contribution in [3.8, 4) is 22.5 Å². The van der Waals surface area contributed by atoms with Crippen LogP contribution in [-0.2, 0) is 10.3 Å². The van der Waals surface area contributed by atoms with Crippen LogP contribution < -0.4 is 10.6 Å². The first-order chi connectivity index (χ1) is 16.8. The maximum Gasteiger partial charge on any atom is 0.408 e. The lowest BCUT2D eigenvalue weighted by atomic mass is 9.71. The van der Waals surface area contributed by atoms with Gasteiger partial charge in [-0.2, -0.15) is 0 Å². The number of carbonyl (C=O) groups excluding carboxylic acids is 1. The number of nitrogens with zero attached hydrogens (tertiary/aromatic N) is 2. The lowest BCUT2D eigenvalue weighted by Crippen LogP contribution is -2.52. The number of ether oxygens (including phenoxy) is 1. The van der Waals surface area contributed by atoms with E-state index < -0.39 is 5.60 Å². The largest absolute Gasteiger partial charge is 0.444 e. The number of imidazole rings is 1. The molecule has 35 heavy (non-hydrogen) atoms. The van der Waals surface area contributed by atoms with E-state index in [1.54, 1.807) is 0 Å². The van der Waals surface area contributed by atoms with E-state index in [0.29, 0.717) is 0 Å². The minimum atomic E-state index is -0.525. The number of rotatable bonds is 5. The van der Waals surface area contributed by atoms with E-state index in [0.717, 1.165) is 58.7 Å². The zero-order chi connectivity index (χ0) is 24.6. The molecule has 0 radical (unpaired) electrons. The molecule has 1 fully saturated rings. The monoisotopic (exact) mass is 468 g/mol. The molecule has 6 nitrogen and oxygen atoms in total. The number of alkyl carbamates (subject to hydrolysis) is 1. The number of benzene rings is 2. The molecule has 180 valence electrons. The van der Waals surface area contributed by atoms with E-state index >= 15 is 0 Å². The van der Waals surface area contributed by atoms with Crippen LogP contribution in [0.1, 0.15) is 45.6 Å². The summed E-state index contributed by atoms with van der Waals surface area (Å²) in [6.07, 6.45) is 4.60. The zero-order valence-electron chi connectivity index (χ0n) is 20.8. The van der Waals surface area contributed by atoms with Gasteiger partial charge in [0.15, 0.2) is 0 Å². The quantitative estimate of drug-likeness (QED) is 0.346. The van der Waals surface area contributed by atoms with E-state index in [4.69, 9.17) is 9.72 Å². The van der Waals surface area contributed by atoms with Crippen LogP contribution in [0.4, 0.5) is 10.5 Å². The van der Waals surface area contributed by atoms with Crippen LogP contribution in [0.5, 0.6) is 0 Å². The van der Waals surface area contributed by atoms with Crippen molar-refractivity contribution < 1.29 is 9.53 Å². The second-order valence-corrected chi connectivity index (χ2v) is 10.2. The van der Waals surface area contributed by atoms with Crippen molar-refractivity contribution in [2.75, 3.05) is 12.4 Å². The smallest absolute Gasteiger partial charge is 0.408 e. The van der Waals surface area contributed by atoms with Crippen molar-refractivity contribution in [2.45, 2.75) is 51.2 Å². The Hall–Kier alpha value is -3.80. The molecule has 0 saturated heterocycles. The van der Waals surface area contributed by atoms with E-state index in [-0.39, 0.29) is 11.6 Å². The molecule has 0 unspecified atom stereocenters. The van der Waals surface area contributed by atoms with Gasteiger partial charge in [-0.3, -0.25) is 4.40 Å². The summed E-state index contributed by atoms with van der Waals surface area (Å²) in [5, 5.41) is 6.37. The van der Waals surface area contributed by atoms with Gasteiger partial charge >= 0.3 is 6.09 Å². The Kier molecular flexibility index (Phi) is 5.75. The van der Waals surface area contributed by atoms with Crippen LogP contribution in [-0.4, -0.2) is 28.1 Å². The Morgan fingerprint density at radius 2 is 1.69 bits per heavy atom. The van der Waals surface area contributed by atoms with Crippen molar-refractivity contribution in [2.24, 2.45) is 0 Å². The highest BCUT2D eigenvalue weighted by atomic mass is 16.6. The second kappa shape index (κ2) is 8.77. The fourth-order valence-electron chi connectivity index (χ4n) is 4.73. The van der Waals surface area contributed by atoms with Crippen LogP contribution in [0, 0.1) is 0 Å². The molecule has 1 amide bonds. The number of hydrogen-bond donors (Lipinski definition) is 2. The lowest BCUT2D eigenvalue weighted by molar-refractivity contribution is 0.0377. The third kappa shape index (κ3) is 4.48. The molecule has 0 aliphatic heterocycles. The van der Waals surface area contributed by atoms with Crippen LogP contribution in [0.25, 0.3) is 28.2 Å². The zero-order valence-corrected chi connectivity index (χ0v) is 20.8. The summed E-state index contributed by atoms with van der Waals surface area (Å²) in [7, 11) is 1.92. The molecule has 1 aliphatic rings. The summed E-state index contributed by atoms with van der Waals surface area (Å²) in [6.45, 7) is 5.65. The Morgan fingerprint density at radius 3 is 2.29 bits per heavy atom. The van der Waals surface area contributed by atoms with Gasteiger partial charge in [0.2, 0.25) is 0 Å². The fourth-order valence-corrected chi connectivity index (χ4v) is 4.73. The number of nitrogens with one attached hydrogen (secondary N) is 2. The maximum atomic E-state index is 12.5. The topological polar surface area (TPSA) is 67.7 Å². The summed E-state index contributed by atoms with van der Waals surface area (Å²) in [6, 6.07) is 22.9. The van der Waals surface area contributed by atoms with Crippen LogP contribution in [0.15, 0.2) is 72.9 Å². The van der Waals surface area contributed by atoms with Crippen molar-refractivity contribution >= 4 is 17.4 Å². The predicted molar refractivity (Wildman–Crippen MR) is 141 cm³/mol. The number of anilines is 1. The van der Waals surface area contributed by atoms with Crippen molar-refractivity contribution in [1.82, 2.24) is 14.7 Å². The summed E-state index contributed by atoms with van der Waals surface area (Å²) in [4.78, 5) is 17.5. The SMILES string of the molecule is CNc1ccc2nc(-c3ccc(C4(NC(=O)OC(C)(C)C)CCC4)cc3)c(-c3ccccc3)n2c1. The average molecular weight is 469 g/mol. The number of fused-ring (bicyclic) bond motifs is 1. The van der Waals surface area contributed by atoms with Crippen molar-refractivity contribution in [3.05, 3.63) is 78.5 Å². The maximum absolute atomic E-state index is 12.5. The molecule has 0 spiro atoms. The van der Waals surface area contributed by atoms with Gasteiger partial charge in [0.05, 0.1) is 22.6 Å². The number of hydrogen-bond acceptors (Lipinski definition) is 4. The molecule has 2 N–H and O–H groups in total. The molecule has 0 atom stereocenters. The molecular formula is C29H32N4O2. The summed E-state index contributed by atoms with van der Waals surface area (Å²) < 4.78 is 7.67. The Balaban J connectivity index is 1.52. The normalized spacial score (nSPS) is 14.9. The van der Waals surface area contributed by atoms with E-state index in [1.165, 1.54) is 0 Å². The molecule has 2 heterocycles.